The van der Waals surface area contributed by atoms with E-state index in [0.717, 1.165) is 0 Å². The van der Waals surface area contributed by atoms with Gasteiger partial charge < -0.3 is 16.6 Å². The van der Waals surface area contributed by atoms with E-state index < -0.39 is 23.7 Å². The lowest BCUT2D eigenvalue weighted by atomic mass is 9.93. The summed E-state index contributed by atoms with van der Waals surface area (Å²) in [5, 5.41) is 8.87. The molecule has 0 saturated carbocycles. The Morgan fingerprint density at radius 3 is 2.00 bits per heavy atom. The molecular formula is C10H10N2O4. The van der Waals surface area contributed by atoms with Crippen LogP contribution in [0.25, 0.3) is 0 Å². The predicted octanol–water partition coefficient (Wildman–Crippen LogP) is -0.561. The number of aromatic carboxylic acids is 1. The Kier molecular flexibility index (Phi) is 3.24. The minimum Gasteiger partial charge on any atom is -0.478 e. The Morgan fingerprint density at radius 2 is 1.56 bits per heavy atom. The van der Waals surface area contributed by atoms with Gasteiger partial charge in [0.05, 0.1) is 5.56 Å². The molecule has 0 saturated heterocycles. The molecule has 0 aromatic heterocycles. The molecule has 0 radical (unpaired) electrons. The van der Waals surface area contributed by atoms with Crippen molar-refractivity contribution in [3.63, 3.8) is 0 Å². The van der Waals surface area contributed by atoms with Crippen LogP contribution in [-0.4, -0.2) is 22.9 Å². The second-order valence-corrected chi connectivity index (χ2v) is 3.13. The summed E-state index contributed by atoms with van der Waals surface area (Å²) in [5.41, 5.74) is 9.86. The second kappa shape index (κ2) is 4.43. The highest BCUT2D eigenvalue weighted by atomic mass is 16.4. The molecule has 6 heteroatoms. The lowest BCUT2D eigenvalue weighted by Crippen LogP contribution is -2.34. The normalized spacial score (nSPS) is 10.1. The summed E-state index contributed by atoms with van der Waals surface area (Å²) in [6.07, 6.45) is 0. The van der Waals surface area contributed by atoms with E-state index >= 15 is 0 Å². The summed E-state index contributed by atoms with van der Waals surface area (Å²) in [5.74, 6) is -4.61. The molecule has 0 aliphatic rings. The van der Waals surface area contributed by atoms with Crippen LogP contribution in [-0.2, 0) is 9.59 Å². The molecule has 0 bridgehead atoms. The van der Waals surface area contributed by atoms with Gasteiger partial charge in [0.25, 0.3) is 0 Å². The lowest BCUT2D eigenvalue weighted by Gasteiger charge is -2.12. The molecule has 0 spiro atoms. The maximum atomic E-state index is 11.0. The minimum absolute atomic E-state index is 0.00926. The van der Waals surface area contributed by atoms with E-state index in [0.29, 0.717) is 0 Å². The van der Waals surface area contributed by atoms with Crippen molar-refractivity contribution in [1.29, 1.82) is 0 Å². The number of nitrogens with two attached hydrogens (primary N) is 2. The zero-order chi connectivity index (χ0) is 12.3. The van der Waals surface area contributed by atoms with Crippen LogP contribution < -0.4 is 11.5 Å². The maximum absolute atomic E-state index is 11.0. The highest BCUT2D eigenvalue weighted by molar-refractivity contribution is 6.06. The molecule has 0 atom stereocenters. The van der Waals surface area contributed by atoms with Gasteiger partial charge in [-0.3, -0.25) is 9.59 Å². The number of benzene rings is 1. The summed E-state index contributed by atoms with van der Waals surface area (Å²) < 4.78 is 0. The summed E-state index contributed by atoms with van der Waals surface area (Å²) >= 11 is 0. The fourth-order valence-corrected chi connectivity index (χ4v) is 1.39. The monoisotopic (exact) mass is 222 g/mol. The van der Waals surface area contributed by atoms with Crippen molar-refractivity contribution >= 4 is 17.8 Å². The average molecular weight is 222 g/mol. The highest BCUT2D eigenvalue weighted by Crippen LogP contribution is 2.19. The van der Waals surface area contributed by atoms with E-state index in [9.17, 15) is 14.4 Å². The highest BCUT2D eigenvalue weighted by Gasteiger charge is 2.27. The number of carboxylic acids is 1. The van der Waals surface area contributed by atoms with E-state index in [4.69, 9.17) is 16.6 Å². The van der Waals surface area contributed by atoms with E-state index in [-0.39, 0.29) is 11.1 Å². The number of hydrogen-bond acceptors (Lipinski definition) is 3. The molecule has 0 unspecified atom stereocenters. The lowest BCUT2D eigenvalue weighted by molar-refractivity contribution is -0.128. The number of amides is 2. The van der Waals surface area contributed by atoms with Crippen molar-refractivity contribution in [3.05, 3.63) is 35.4 Å². The summed E-state index contributed by atoms with van der Waals surface area (Å²) in [6.45, 7) is 0. The predicted molar refractivity (Wildman–Crippen MR) is 54.5 cm³/mol. The third kappa shape index (κ3) is 2.17. The van der Waals surface area contributed by atoms with Gasteiger partial charge in [0.15, 0.2) is 0 Å². The molecule has 5 N–H and O–H groups in total. The fraction of sp³-hybridized carbons (Fsp3) is 0.100. The van der Waals surface area contributed by atoms with E-state index in [1.807, 2.05) is 0 Å². The Bertz CT molecular complexity index is 442. The van der Waals surface area contributed by atoms with Crippen LogP contribution in [0, 0.1) is 0 Å². The zero-order valence-corrected chi connectivity index (χ0v) is 8.21. The maximum Gasteiger partial charge on any atom is 0.336 e. The SMILES string of the molecule is NC(=O)C(C(N)=O)c1ccccc1C(=O)O. The molecule has 6 nitrogen and oxygen atoms in total. The zero-order valence-electron chi connectivity index (χ0n) is 8.21. The summed E-state index contributed by atoms with van der Waals surface area (Å²) in [7, 11) is 0. The number of carboxylic acid groups (broad SMARTS) is 1. The molecule has 0 fully saturated rings. The molecule has 1 aromatic rings. The van der Waals surface area contributed by atoms with Crippen LogP contribution in [0.5, 0.6) is 0 Å². The minimum atomic E-state index is -1.42. The van der Waals surface area contributed by atoms with Crippen LogP contribution in [0.1, 0.15) is 21.8 Å². The number of rotatable bonds is 4. The molecule has 2 amide bonds. The van der Waals surface area contributed by atoms with Crippen LogP contribution >= 0.6 is 0 Å². The fourth-order valence-electron chi connectivity index (χ4n) is 1.39. The smallest absolute Gasteiger partial charge is 0.336 e. The number of hydrogen-bond donors (Lipinski definition) is 3. The number of carbonyl (C=O) groups is 3. The van der Waals surface area contributed by atoms with Gasteiger partial charge in [0, 0.05) is 0 Å². The summed E-state index contributed by atoms with van der Waals surface area (Å²) in [4.78, 5) is 33.0. The van der Waals surface area contributed by atoms with Crippen molar-refractivity contribution in [2.45, 2.75) is 5.92 Å². The van der Waals surface area contributed by atoms with Gasteiger partial charge in [0.2, 0.25) is 11.8 Å². The van der Waals surface area contributed by atoms with Crippen molar-refractivity contribution < 1.29 is 19.5 Å². The molecular weight excluding hydrogens is 212 g/mol. The van der Waals surface area contributed by atoms with Gasteiger partial charge in [0.1, 0.15) is 5.92 Å². The van der Waals surface area contributed by atoms with Crippen LogP contribution in [0.15, 0.2) is 24.3 Å². The quantitative estimate of drug-likeness (QED) is 0.590. The third-order valence-electron chi connectivity index (χ3n) is 2.07. The topological polar surface area (TPSA) is 123 Å². The largest absolute Gasteiger partial charge is 0.478 e. The van der Waals surface area contributed by atoms with Crippen molar-refractivity contribution in [1.82, 2.24) is 0 Å². The molecule has 0 aliphatic carbocycles. The molecule has 0 aliphatic heterocycles. The first-order valence-corrected chi connectivity index (χ1v) is 4.36. The van der Waals surface area contributed by atoms with Gasteiger partial charge in [-0.15, -0.1) is 0 Å². The van der Waals surface area contributed by atoms with Gasteiger partial charge in [-0.1, -0.05) is 18.2 Å². The van der Waals surface area contributed by atoms with Crippen LogP contribution in [0.4, 0.5) is 0 Å². The second-order valence-electron chi connectivity index (χ2n) is 3.13. The van der Waals surface area contributed by atoms with Crippen LogP contribution in [0.2, 0.25) is 0 Å². The number of carbonyl (C=O) groups excluding carboxylic acids is 2. The number of primary amides is 2. The van der Waals surface area contributed by atoms with Crippen molar-refractivity contribution in [2.75, 3.05) is 0 Å². The average Bonchev–Trinajstić information content (AvgIpc) is 2.17. The molecule has 1 aromatic carbocycles. The Morgan fingerprint density at radius 1 is 1.06 bits per heavy atom. The van der Waals surface area contributed by atoms with Crippen molar-refractivity contribution in [2.24, 2.45) is 11.5 Å². The Labute approximate surface area is 90.8 Å². The molecule has 16 heavy (non-hydrogen) atoms. The third-order valence-corrected chi connectivity index (χ3v) is 2.07. The standard InChI is InChI=1S/C10H10N2O4/c11-8(13)7(9(12)14)5-3-1-2-4-6(5)10(15)16/h1-4,7H,(H2,11,13)(H2,12,14)(H,15,16). The Hall–Kier alpha value is -2.37. The van der Waals surface area contributed by atoms with E-state index in [1.54, 1.807) is 0 Å². The van der Waals surface area contributed by atoms with Gasteiger partial charge >= 0.3 is 5.97 Å². The summed E-state index contributed by atoms with van der Waals surface area (Å²) in [6, 6.07) is 5.59. The first-order chi connectivity index (χ1) is 7.45. The molecule has 84 valence electrons. The van der Waals surface area contributed by atoms with Gasteiger partial charge in [-0.05, 0) is 11.6 Å². The van der Waals surface area contributed by atoms with Gasteiger partial charge in [-0.2, -0.15) is 0 Å². The van der Waals surface area contributed by atoms with E-state index in [2.05, 4.69) is 0 Å². The Balaban J connectivity index is 3.35. The van der Waals surface area contributed by atoms with Gasteiger partial charge in [-0.25, -0.2) is 4.79 Å². The first kappa shape index (κ1) is 11.7. The van der Waals surface area contributed by atoms with Crippen molar-refractivity contribution in [3.8, 4) is 0 Å². The van der Waals surface area contributed by atoms with Crippen LogP contribution in [0.3, 0.4) is 0 Å². The van der Waals surface area contributed by atoms with E-state index in [1.165, 1.54) is 24.3 Å². The molecule has 1 rings (SSSR count). The molecule has 0 heterocycles. The first-order valence-electron chi connectivity index (χ1n) is 4.36.